The molecule has 9 heavy (non-hydrogen) atoms. The molecule has 0 N–H and O–H groups in total. The van der Waals surface area contributed by atoms with E-state index in [1.807, 2.05) is 11.8 Å². The van der Waals surface area contributed by atoms with E-state index in [9.17, 15) is 0 Å². The summed E-state index contributed by atoms with van der Waals surface area (Å²) in [5.74, 6) is 1.10. The van der Waals surface area contributed by atoms with Crippen LogP contribution < -0.4 is 0 Å². The predicted molar refractivity (Wildman–Crippen MR) is 47.5 cm³/mol. The molecule has 0 heterocycles. The molecule has 56 valence electrons. The number of alkyl halides is 1. The van der Waals surface area contributed by atoms with Crippen LogP contribution in [-0.4, -0.2) is 17.4 Å². The summed E-state index contributed by atoms with van der Waals surface area (Å²) < 4.78 is 0. The molecule has 0 aromatic heterocycles. The van der Waals surface area contributed by atoms with Gasteiger partial charge < -0.3 is 0 Å². The molecule has 0 aromatic carbocycles. The van der Waals surface area contributed by atoms with Gasteiger partial charge in [-0.1, -0.05) is 19.8 Å². The number of unbranched alkanes of at least 4 members (excludes halogenated alkanes) is 1. The molecular weight excluding hydrogens is 152 g/mol. The van der Waals surface area contributed by atoms with Gasteiger partial charge in [0.2, 0.25) is 0 Å². The Morgan fingerprint density at radius 2 is 2.22 bits per heavy atom. The summed E-state index contributed by atoms with van der Waals surface area (Å²) in [5, 5.41) is 0.403. The van der Waals surface area contributed by atoms with Crippen molar-refractivity contribution in [1.82, 2.24) is 0 Å². The number of thioether (sulfide) groups is 1. The first kappa shape index (κ1) is 9.64. The molecular formula is C7H15ClS. The standard InChI is InChI=1S/C7H15ClS/c1-3-4-5-7(8)6-9-2/h7H,3-6H2,1-2H3. The minimum Gasteiger partial charge on any atom is -0.164 e. The lowest BCUT2D eigenvalue weighted by Gasteiger charge is -2.04. The number of hydrogen-bond acceptors (Lipinski definition) is 1. The largest absolute Gasteiger partial charge is 0.164 e. The monoisotopic (exact) mass is 166 g/mol. The van der Waals surface area contributed by atoms with Crippen molar-refractivity contribution in [2.24, 2.45) is 0 Å². The maximum Gasteiger partial charge on any atom is 0.0426 e. The van der Waals surface area contributed by atoms with Crippen molar-refractivity contribution < 1.29 is 0 Å². The van der Waals surface area contributed by atoms with E-state index in [4.69, 9.17) is 11.6 Å². The van der Waals surface area contributed by atoms with Gasteiger partial charge in [0.05, 0.1) is 0 Å². The van der Waals surface area contributed by atoms with Gasteiger partial charge in [-0.25, -0.2) is 0 Å². The zero-order valence-electron chi connectivity index (χ0n) is 6.19. The highest BCUT2D eigenvalue weighted by molar-refractivity contribution is 7.98. The van der Waals surface area contributed by atoms with Crippen molar-refractivity contribution >= 4 is 23.4 Å². The number of hydrogen-bond donors (Lipinski definition) is 0. The molecule has 0 saturated carbocycles. The zero-order valence-corrected chi connectivity index (χ0v) is 7.76. The fourth-order valence-electron chi connectivity index (χ4n) is 0.690. The van der Waals surface area contributed by atoms with Crippen LogP contribution >= 0.6 is 23.4 Å². The van der Waals surface area contributed by atoms with Crippen molar-refractivity contribution in [2.75, 3.05) is 12.0 Å². The average molecular weight is 167 g/mol. The topological polar surface area (TPSA) is 0 Å². The van der Waals surface area contributed by atoms with E-state index in [0.717, 1.165) is 5.75 Å². The second-order valence-corrected chi connectivity index (χ2v) is 3.72. The van der Waals surface area contributed by atoms with E-state index in [-0.39, 0.29) is 0 Å². The van der Waals surface area contributed by atoms with Crippen molar-refractivity contribution in [1.29, 1.82) is 0 Å². The Bertz CT molecular complexity index is 56.9. The van der Waals surface area contributed by atoms with Crippen LogP contribution in [0.1, 0.15) is 26.2 Å². The lowest BCUT2D eigenvalue weighted by atomic mass is 10.2. The van der Waals surface area contributed by atoms with Gasteiger partial charge in [0.25, 0.3) is 0 Å². The van der Waals surface area contributed by atoms with Crippen LogP contribution in [0.3, 0.4) is 0 Å². The summed E-state index contributed by atoms with van der Waals surface area (Å²) in [6.07, 6.45) is 5.81. The van der Waals surface area contributed by atoms with Gasteiger partial charge in [-0.15, -0.1) is 11.6 Å². The van der Waals surface area contributed by atoms with Crippen LogP contribution in [0.5, 0.6) is 0 Å². The second-order valence-electron chi connectivity index (χ2n) is 2.19. The first-order valence-electron chi connectivity index (χ1n) is 3.44. The van der Waals surface area contributed by atoms with Gasteiger partial charge in [-0.2, -0.15) is 11.8 Å². The van der Waals surface area contributed by atoms with E-state index >= 15 is 0 Å². The smallest absolute Gasteiger partial charge is 0.0426 e. The molecule has 2 heteroatoms. The lowest BCUT2D eigenvalue weighted by Crippen LogP contribution is -2.00. The molecule has 1 atom stereocenters. The van der Waals surface area contributed by atoms with E-state index in [2.05, 4.69) is 13.2 Å². The molecule has 0 aliphatic carbocycles. The molecule has 0 spiro atoms. The van der Waals surface area contributed by atoms with Gasteiger partial charge in [-0.05, 0) is 12.7 Å². The Balaban J connectivity index is 2.95. The van der Waals surface area contributed by atoms with Gasteiger partial charge >= 0.3 is 0 Å². The van der Waals surface area contributed by atoms with Gasteiger partial charge in [0, 0.05) is 11.1 Å². The number of halogens is 1. The summed E-state index contributed by atoms with van der Waals surface area (Å²) >= 11 is 7.77. The van der Waals surface area contributed by atoms with Crippen LogP contribution in [0.4, 0.5) is 0 Å². The normalized spacial score (nSPS) is 13.7. The Morgan fingerprint density at radius 3 is 2.67 bits per heavy atom. The average Bonchev–Trinajstić information content (AvgIpc) is 1.85. The first-order chi connectivity index (χ1) is 4.31. The highest BCUT2D eigenvalue weighted by Gasteiger charge is 2.00. The molecule has 0 bridgehead atoms. The Morgan fingerprint density at radius 1 is 1.56 bits per heavy atom. The molecule has 0 rings (SSSR count). The van der Waals surface area contributed by atoms with Crippen LogP contribution in [0.2, 0.25) is 0 Å². The van der Waals surface area contributed by atoms with Crippen LogP contribution in [0, 0.1) is 0 Å². The quantitative estimate of drug-likeness (QED) is 0.566. The number of rotatable bonds is 5. The van der Waals surface area contributed by atoms with E-state index in [1.165, 1.54) is 19.3 Å². The highest BCUT2D eigenvalue weighted by Crippen LogP contribution is 2.11. The summed E-state index contributed by atoms with van der Waals surface area (Å²) in [7, 11) is 0. The molecule has 0 amide bonds. The van der Waals surface area contributed by atoms with Gasteiger partial charge in [0.15, 0.2) is 0 Å². The Labute approximate surface area is 67.4 Å². The minimum atomic E-state index is 0.403. The minimum absolute atomic E-state index is 0.403. The van der Waals surface area contributed by atoms with Crippen LogP contribution in [0.25, 0.3) is 0 Å². The van der Waals surface area contributed by atoms with Crippen molar-refractivity contribution in [3.8, 4) is 0 Å². The SMILES string of the molecule is CCCCC(Cl)CSC. The van der Waals surface area contributed by atoms with Gasteiger partial charge in [0.1, 0.15) is 0 Å². The third-order valence-electron chi connectivity index (χ3n) is 1.22. The molecule has 1 unspecified atom stereocenters. The fourth-order valence-corrected chi connectivity index (χ4v) is 1.75. The molecule has 0 nitrogen and oxygen atoms in total. The highest BCUT2D eigenvalue weighted by atomic mass is 35.5. The molecule has 0 aromatic rings. The van der Waals surface area contributed by atoms with Crippen molar-refractivity contribution in [3.63, 3.8) is 0 Å². The summed E-state index contributed by atoms with van der Waals surface area (Å²) in [4.78, 5) is 0. The third-order valence-corrected chi connectivity index (χ3v) is 2.51. The molecule has 0 radical (unpaired) electrons. The molecule has 0 saturated heterocycles. The molecule has 0 fully saturated rings. The van der Waals surface area contributed by atoms with Gasteiger partial charge in [-0.3, -0.25) is 0 Å². The molecule has 0 aliphatic heterocycles. The van der Waals surface area contributed by atoms with Crippen LogP contribution in [0.15, 0.2) is 0 Å². The third kappa shape index (κ3) is 6.53. The van der Waals surface area contributed by atoms with Crippen molar-refractivity contribution in [2.45, 2.75) is 31.6 Å². The maximum atomic E-state index is 5.94. The summed E-state index contributed by atoms with van der Waals surface area (Å²) in [6, 6.07) is 0. The first-order valence-corrected chi connectivity index (χ1v) is 5.27. The Kier molecular flexibility index (Phi) is 7.24. The van der Waals surface area contributed by atoms with Crippen molar-refractivity contribution in [3.05, 3.63) is 0 Å². The molecule has 0 aliphatic rings. The predicted octanol–water partition coefficient (Wildman–Crippen LogP) is 3.15. The summed E-state index contributed by atoms with van der Waals surface area (Å²) in [6.45, 7) is 2.20. The fraction of sp³-hybridized carbons (Fsp3) is 1.00. The Hall–Kier alpha value is 0.640. The second kappa shape index (κ2) is 6.76. The lowest BCUT2D eigenvalue weighted by molar-refractivity contribution is 0.712. The zero-order chi connectivity index (χ0) is 7.11. The van der Waals surface area contributed by atoms with E-state index < -0.39 is 0 Å². The summed E-state index contributed by atoms with van der Waals surface area (Å²) in [5.41, 5.74) is 0. The van der Waals surface area contributed by atoms with E-state index in [0.29, 0.717) is 5.38 Å². The van der Waals surface area contributed by atoms with Crippen LogP contribution in [-0.2, 0) is 0 Å². The maximum absolute atomic E-state index is 5.94. The van der Waals surface area contributed by atoms with E-state index in [1.54, 1.807) is 0 Å².